The first kappa shape index (κ1) is 22.0. The Balaban J connectivity index is 1.44. The molecule has 2 aromatic carbocycles. The van der Waals surface area contributed by atoms with Crippen molar-refractivity contribution in [1.82, 2.24) is 15.2 Å². The zero-order valence-electron chi connectivity index (χ0n) is 19.0. The fourth-order valence-electron chi connectivity index (χ4n) is 4.23. The van der Waals surface area contributed by atoms with Crippen LogP contribution in [0.15, 0.2) is 48.5 Å². The van der Waals surface area contributed by atoms with Gasteiger partial charge < -0.3 is 15.0 Å². The summed E-state index contributed by atoms with van der Waals surface area (Å²) in [6, 6.07) is 15.2. The molecular weight excluding hydrogens is 402 g/mol. The van der Waals surface area contributed by atoms with Gasteiger partial charge in [0.05, 0.1) is 23.3 Å². The first-order valence-corrected chi connectivity index (χ1v) is 11.0. The summed E-state index contributed by atoms with van der Waals surface area (Å²) in [6.45, 7) is 9.43. The Kier molecular flexibility index (Phi) is 6.24. The van der Waals surface area contributed by atoms with Gasteiger partial charge in [0.2, 0.25) is 0 Å². The molecule has 0 spiro atoms. The van der Waals surface area contributed by atoms with Crippen molar-refractivity contribution in [1.29, 1.82) is 0 Å². The Labute approximate surface area is 188 Å². The van der Waals surface area contributed by atoms with Crippen molar-refractivity contribution in [3.63, 3.8) is 0 Å². The van der Waals surface area contributed by atoms with Crippen molar-refractivity contribution in [3.05, 3.63) is 76.5 Å². The molecule has 0 bridgehead atoms. The zero-order valence-corrected chi connectivity index (χ0v) is 19.0. The fraction of sp³-hybridized carbons (Fsp3) is 0.346. The van der Waals surface area contributed by atoms with Crippen LogP contribution in [-0.2, 0) is 11.3 Å². The molecule has 2 amide bonds. The molecular formula is C26H29N3O3. The van der Waals surface area contributed by atoms with Crippen molar-refractivity contribution >= 4 is 22.7 Å². The van der Waals surface area contributed by atoms with Crippen LogP contribution in [0.3, 0.4) is 0 Å². The number of fused-ring (bicyclic) bond motifs is 1. The van der Waals surface area contributed by atoms with Crippen molar-refractivity contribution in [2.45, 2.75) is 46.4 Å². The maximum absolute atomic E-state index is 12.9. The Bertz CT molecular complexity index is 1150. The highest BCUT2D eigenvalue weighted by Crippen LogP contribution is 2.20. The molecule has 0 saturated carbocycles. The molecule has 166 valence electrons. The molecule has 1 saturated heterocycles. The maximum Gasteiger partial charge on any atom is 0.254 e. The van der Waals surface area contributed by atoms with E-state index >= 15 is 0 Å². The third-order valence-electron chi connectivity index (χ3n) is 5.70. The summed E-state index contributed by atoms with van der Waals surface area (Å²) in [5.41, 5.74) is 4.91. The van der Waals surface area contributed by atoms with Crippen molar-refractivity contribution in [3.8, 4) is 0 Å². The first-order valence-electron chi connectivity index (χ1n) is 11.0. The van der Waals surface area contributed by atoms with E-state index in [1.54, 1.807) is 0 Å². The van der Waals surface area contributed by atoms with E-state index < -0.39 is 0 Å². The van der Waals surface area contributed by atoms with E-state index in [1.165, 1.54) is 0 Å². The lowest BCUT2D eigenvalue weighted by molar-refractivity contribution is -0.0586. The molecule has 6 nitrogen and oxygen atoms in total. The largest absolute Gasteiger partial charge is 0.372 e. The average molecular weight is 432 g/mol. The SMILES string of the molecule is Cc1ccc2nc(C)cc(C(=O)NCc3ccc(C(=O)N4CC(C)OC(C)C4)cc3)c2c1. The monoisotopic (exact) mass is 431 g/mol. The van der Waals surface area contributed by atoms with Crippen LogP contribution in [-0.4, -0.2) is 47.0 Å². The maximum atomic E-state index is 12.9. The van der Waals surface area contributed by atoms with Gasteiger partial charge in [-0.3, -0.25) is 14.6 Å². The number of aromatic nitrogens is 1. The van der Waals surface area contributed by atoms with E-state index in [1.807, 2.05) is 81.1 Å². The van der Waals surface area contributed by atoms with Crippen LogP contribution in [0.5, 0.6) is 0 Å². The van der Waals surface area contributed by atoms with Gasteiger partial charge in [0.1, 0.15) is 0 Å². The molecule has 1 aliphatic rings. The number of carbonyl (C=O) groups is 2. The van der Waals surface area contributed by atoms with E-state index in [0.717, 1.165) is 27.7 Å². The minimum atomic E-state index is -0.137. The standard InChI is InChI=1S/C26H29N3O3/c1-16-5-10-24-22(11-16)23(12-17(2)28-24)25(30)27-13-20-6-8-21(9-7-20)26(31)29-14-18(3)32-19(4)15-29/h5-12,18-19H,13-15H2,1-4H3,(H,27,30). The molecule has 32 heavy (non-hydrogen) atoms. The topological polar surface area (TPSA) is 71.5 Å². The van der Waals surface area contributed by atoms with E-state index in [9.17, 15) is 9.59 Å². The van der Waals surface area contributed by atoms with Crippen LogP contribution in [0, 0.1) is 13.8 Å². The Morgan fingerprint density at radius 2 is 1.72 bits per heavy atom. The molecule has 0 aliphatic carbocycles. The van der Waals surface area contributed by atoms with Gasteiger partial charge in [0, 0.05) is 36.3 Å². The molecule has 4 rings (SSSR count). The van der Waals surface area contributed by atoms with E-state index in [-0.39, 0.29) is 24.0 Å². The van der Waals surface area contributed by atoms with Gasteiger partial charge in [-0.15, -0.1) is 0 Å². The van der Waals surface area contributed by atoms with Crippen LogP contribution in [0.4, 0.5) is 0 Å². The van der Waals surface area contributed by atoms with Gasteiger partial charge in [-0.25, -0.2) is 0 Å². The van der Waals surface area contributed by atoms with Crippen LogP contribution in [0.1, 0.15) is 51.4 Å². The number of nitrogens with zero attached hydrogens (tertiary/aromatic N) is 2. The number of aryl methyl sites for hydroxylation is 2. The molecule has 1 fully saturated rings. The van der Waals surface area contributed by atoms with Gasteiger partial charge >= 0.3 is 0 Å². The number of hydrogen-bond donors (Lipinski definition) is 1. The van der Waals surface area contributed by atoms with Crippen molar-refractivity contribution in [2.75, 3.05) is 13.1 Å². The predicted octanol–water partition coefficient (Wildman–Crippen LogP) is 4.03. The van der Waals surface area contributed by atoms with E-state index in [0.29, 0.717) is 30.8 Å². The van der Waals surface area contributed by atoms with Crippen LogP contribution in [0.2, 0.25) is 0 Å². The highest BCUT2D eigenvalue weighted by molar-refractivity contribution is 6.06. The second-order valence-corrected chi connectivity index (χ2v) is 8.68. The lowest BCUT2D eigenvalue weighted by Gasteiger charge is -2.35. The number of morpholine rings is 1. The molecule has 1 N–H and O–H groups in total. The lowest BCUT2D eigenvalue weighted by atomic mass is 10.0. The molecule has 6 heteroatoms. The number of ether oxygens (including phenoxy) is 1. The second-order valence-electron chi connectivity index (χ2n) is 8.68. The van der Waals surface area contributed by atoms with Crippen molar-refractivity contribution in [2.24, 2.45) is 0 Å². The van der Waals surface area contributed by atoms with Crippen LogP contribution >= 0.6 is 0 Å². The fourth-order valence-corrected chi connectivity index (χ4v) is 4.23. The lowest BCUT2D eigenvalue weighted by Crippen LogP contribution is -2.48. The van der Waals surface area contributed by atoms with Crippen LogP contribution in [0.25, 0.3) is 10.9 Å². The zero-order chi connectivity index (χ0) is 22.8. The minimum Gasteiger partial charge on any atom is -0.372 e. The summed E-state index contributed by atoms with van der Waals surface area (Å²) in [6.07, 6.45) is 0.0720. The van der Waals surface area contributed by atoms with Gasteiger partial charge in [0.25, 0.3) is 11.8 Å². The molecule has 2 heterocycles. The number of amides is 2. The average Bonchev–Trinajstić information content (AvgIpc) is 2.76. The van der Waals surface area contributed by atoms with E-state index in [4.69, 9.17) is 4.74 Å². The number of carbonyl (C=O) groups excluding carboxylic acids is 2. The summed E-state index contributed by atoms with van der Waals surface area (Å²) in [4.78, 5) is 32.1. The quantitative estimate of drug-likeness (QED) is 0.677. The molecule has 2 unspecified atom stereocenters. The van der Waals surface area contributed by atoms with E-state index in [2.05, 4.69) is 10.3 Å². The predicted molar refractivity (Wildman–Crippen MR) is 125 cm³/mol. The third-order valence-corrected chi connectivity index (χ3v) is 5.70. The van der Waals surface area contributed by atoms with Gasteiger partial charge in [-0.1, -0.05) is 23.8 Å². The molecule has 2 atom stereocenters. The Morgan fingerprint density at radius 3 is 2.41 bits per heavy atom. The summed E-state index contributed by atoms with van der Waals surface area (Å²) in [7, 11) is 0. The summed E-state index contributed by atoms with van der Waals surface area (Å²) >= 11 is 0. The minimum absolute atomic E-state index is 0.0108. The first-order chi connectivity index (χ1) is 15.3. The summed E-state index contributed by atoms with van der Waals surface area (Å²) in [5, 5.41) is 3.85. The number of hydrogen-bond acceptors (Lipinski definition) is 4. The number of pyridine rings is 1. The normalized spacial score (nSPS) is 18.6. The highest BCUT2D eigenvalue weighted by Gasteiger charge is 2.26. The van der Waals surface area contributed by atoms with Crippen molar-refractivity contribution < 1.29 is 14.3 Å². The molecule has 1 aromatic heterocycles. The molecule has 1 aliphatic heterocycles. The number of rotatable bonds is 4. The van der Waals surface area contributed by atoms with Gasteiger partial charge in [0.15, 0.2) is 0 Å². The molecule has 0 radical (unpaired) electrons. The molecule has 3 aromatic rings. The Hall–Kier alpha value is -3.25. The van der Waals surface area contributed by atoms with Crippen LogP contribution < -0.4 is 5.32 Å². The van der Waals surface area contributed by atoms with Gasteiger partial charge in [-0.05, 0) is 63.6 Å². The summed E-state index contributed by atoms with van der Waals surface area (Å²) < 4.78 is 5.71. The van der Waals surface area contributed by atoms with Gasteiger partial charge in [-0.2, -0.15) is 0 Å². The second kappa shape index (κ2) is 9.09. The summed E-state index contributed by atoms with van der Waals surface area (Å²) in [5.74, 6) is -0.126. The smallest absolute Gasteiger partial charge is 0.254 e. The number of benzene rings is 2. The Morgan fingerprint density at radius 1 is 1.03 bits per heavy atom. The number of nitrogens with one attached hydrogen (secondary N) is 1. The third kappa shape index (κ3) is 4.81. The highest BCUT2D eigenvalue weighted by atomic mass is 16.5.